The Morgan fingerprint density at radius 2 is 1.05 bits per heavy atom. The van der Waals surface area contributed by atoms with Crippen molar-refractivity contribution in [1.82, 2.24) is 5.32 Å². The zero-order chi connectivity index (χ0) is 31.6. The van der Waals surface area contributed by atoms with E-state index in [4.69, 9.17) is 0 Å². The number of rotatable bonds is 33. The minimum atomic E-state index is -0.867. The van der Waals surface area contributed by atoms with Gasteiger partial charge in [0.15, 0.2) is 0 Å². The van der Waals surface area contributed by atoms with E-state index in [-0.39, 0.29) is 18.9 Å². The lowest BCUT2D eigenvalue weighted by Crippen LogP contribution is -2.46. The number of hydrogen-bond acceptors (Lipinski definition) is 4. The minimum absolute atomic E-state index is 0.0691. The summed E-state index contributed by atoms with van der Waals surface area (Å²) in [6, 6.07) is -0.686. The van der Waals surface area contributed by atoms with E-state index < -0.39 is 18.2 Å². The molecule has 0 fully saturated rings. The zero-order valence-corrected chi connectivity index (χ0v) is 28.6. The van der Waals surface area contributed by atoms with Crippen LogP contribution in [-0.4, -0.2) is 46.1 Å². The van der Waals surface area contributed by atoms with Crippen LogP contribution in [0.15, 0.2) is 24.3 Å². The molecule has 5 nitrogen and oxygen atoms in total. The van der Waals surface area contributed by atoms with Crippen molar-refractivity contribution >= 4 is 5.91 Å². The third-order valence-corrected chi connectivity index (χ3v) is 8.53. The van der Waals surface area contributed by atoms with Crippen LogP contribution in [0, 0.1) is 0 Å². The number of unbranched alkanes of at least 4 members (excludes halogenated alkanes) is 22. The first-order valence-corrected chi connectivity index (χ1v) is 18.6. The smallest absolute Gasteiger partial charge is 0.223 e. The van der Waals surface area contributed by atoms with Crippen molar-refractivity contribution in [2.24, 2.45) is 0 Å². The molecule has 4 N–H and O–H groups in total. The molecule has 0 aromatic heterocycles. The van der Waals surface area contributed by atoms with E-state index in [2.05, 4.69) is 31.3 Å². The lowest BCUT2D eigenvalue weighted by Gasteiger charge is -2.22. The van der Waals surface area contributed by atoms with Gasteiger partial charge in [-0.1, -0.05) is 179 Å². The van der Waals surface area contributed by atoms with Gasteiger partial charge in [0, 0.05) is 0 Å². The fourth-order valence-corrected chi connectivity index (χ4v) is 5.64. The number of hydrogen-bond donors (Lipinski definition) is 4. The molecule has 0 saturated carbocycles. The van der Waals surface area contributed by atoms with E-state index in [1.54, 1.807) is 6.08 Å². The van der Waals surface area contributed by atoms with Crippen molar-refractivity contribution in [2.75, 3.05) is 6.61 Å². The average molecular weight is 608 g/mol. The van der Waals surface area contributed by atoms with Gasteiger partial charge in [0.05, 0.1) is 31.3 Å². The maximum absolute atomic E-state index is 12.3. The molecule has 0 radical (unpaired) electrons. The summed E-state index contributed by atoms with van der Waals surface area (Å²) in [7, 11) is 0. The Bertz CT molecular complexity index is 635. The quantitative estimate of drug-likeness (QED) is 0.0441. The molecule has 0 aliphatic rings. The Labute approximate surface area is 267 Å². The molecule has 0 saturated heterocycles. The number of aliphatic hydroxyl groups is 3. The molecule has 0 rings (SSSR count). The second-order valence-corrected chi connectivity index (χ2v) is 12.8. The summed E-state index contributed by atoms with van der Waals surface area (Å²) in [5, 5.41) is 33.0. The summed E-state index contributed by atoms with van der Waals surface area (Å²) in [6.45, 7) is 4.21. The second kappa shape index (κ2) is 33.7. The maximum atomic E-state index is 12.3. The molecule has 5 heteroatoms. The molecular formula is C38H73NO4. The first-order chi connectivity index (χ1) is 21.0. The first-order valence-electron chi connectivity index (χ1n) is 18.6. The van der Waals surface area contributed by atoms with Gasteiger partial charge in [0.25, 0.3) is 0 Å². The third kappa shape index (κ3) is 30.6. The highest BCUT2D eigenvalue weighted by atomic mass is 16.3. The van der Waals surface area contributed by atoms with Crippen LogP contribution in [0.25, 0.3) is 0 Å². The van der Waals surface area contributed by atoms with Gasteiger partial charge >= 0.3 is 0 Å². The van der Waals surface area contributed by atoms with Crippen molar-refractivity contribution in [3.63, 3.8) is 0 Å². The second-order valence-electron chi connectivity index (χ2n) is 12.8. The molecule has 1 amide bonds. The summed E-state index contributed by atoms with van der Waals surface area (Å²) < 4.78 is 0. The minimum Gasteiger partial charge on any atom is -0.394 e. The van der Waals surface area contributed by atoms with Gasteiger partial charge in [-0.05, 0) is 25.7 Å². The van der Waals surface area contributed by atoms with Crippen LogP contribution < -0.4 is 5.32 Å². The fourth-order valence-electron chi connectivity index (χ4n) is 5.64. The van der Waals surface area contributed by atoms with E-state index >= 15 is 0 Å². The van der Waals surface area contributed by atoms with Gasteiger partial charge in [-0.15, -0.1) is 0 Å². The van der Waals surface area contributed by atoms with Crippen LogP contribution in [0.3, 0.4) is 0 Å². The number of aliphatic hydroxyl groups excluding tert-OH is 3. The van der Waals surface area contributed by atoms with Gasteiger partial charge in [-0.2, -0.15) is 0 Å². The predicted molar refractivity (Wildman–Crippen MR) is 185 cm³/mol. The highest BCUT2D eigenvalue weighted by Crippen LogP contribution is 2.15. The maximum Gasteiger partial charge on any atom is 0.223 e. The molecule has 3 unspecified atom stereocenters. The van der Waals surface area contributed by atoms with Crippen molar-refractivity contribution in [2.45, 2.75) is 205 Å². The van der Waals surface area contributed by atoms with Gasteiger partial charge < -0.3 is 20.6 Å². The Kier molecular flexibility index (Phi) is 32.8. The van der Waals surface area contributed by atoms with Crippen LogP contribution in [0.1, 0.15) is 187 Å². The molecule has 254 valence electrons. The molecule has 0 aromatic rings. The monoisotopic (exact) mass is 608 g/mol. The molecule has 0 aromatic carbocycles. The fraction of sp³-hybridized carbons (Fsp3) is 0.868. The van der Waals surface area contributed by atoms with E-state index in [9.17, 15) is 20.1 Å². The molecular weight excluding hydrogens is 534 g/mol. The molecule has 0 aliphatic carbocycles. The summed E-state index contributed by atoms with van der Waals surface area (Å²) in [6.07, 6.45) is 38.7. The largest absolute Gasteiger partial charge is 0.394 e. The Morgan fingerprint density at radius 1 is 0.605 bits per heavy atom. The first kappa shape index (κ1) is 41.8. The molecule has 0 heterocycles. The number of allylic oxidation sites excluding steroid dienone is 3. The zero-order valence-electron chi connectivity index (χ0n) is 28.6. The highest BCUT2D eigenvalue weighted by molar-refractivity contribution is 5.77. The van der Waals surface area contributed by atoms with Crippen molar-refractivity contribution in [1.29, 1.82) is 0 Å². The lowest BCUT2D eigenvalue weighted by atomic mass is 10.0. The van der Waals surface area contributed by atoms with Crippen LogP contribution >= 0.6 is 0 Å². The van der Waals surface area contributed by atoms with E-state index in [1.807, 2.05) is 6.08 Å². The van der Waals surface area contributed by atoms with Gasteiger partial charge in [0.1, 0.15) is 0 Å². The Hall–Kier alpha value is -1.17. The van der Waals surface area contributed by atoms with Gasteiger partial charge in [0.2, 0.25) is 5.91 Å². The third-order valence-electron chi connectivity index (χ3n) is 8.53. The Morgan fingerprint density at radius 3 is 1.51 bits per heavy atom. The highest BCUT2D eigenvalue weighted by Gasteiger charge is 2.21. The number of nitrogens with one attached hydrogen (secondary N) is 1. The standard InChI is InChI=1S/C38H73NO4/c1-3-5-7-9-11-13-15-16-17-18-19-20-22-24-26-28-30-32-37(42)36(34-40)39-38(43)33-35(41)31-29-27-25-23-21-14-12-10-8-6-4-2/h23,25,29,31,35-37,40-42H,3-22,24,26-28,30,32-34H2,1-2H3,(H,39,43)/b25-23-,31-29-. The van der Waals surface area contributed by atoms with Crippen LogP contribution in [0.2, 0.25) is 0 Å². The molecule has 0 aliphatic heterocycles. The molecule has 3 atom stereocenters. The van der Waals surface area contributed by atoms with Crippen molar-refractivity contribution in [3.8, 4) is 0 Å². The van der Waals surface area contributed by atoms with Crippen molar-refractivity contribution in [3.05, 3.63) is 24.3 Å². The number of carbonyl (C=O) groups is 1. The van der Waals surface area contributed by atoms with Crippen molar-refractivity contribution < 1.29 is 20.1 Å². The summed E-state index contributed by atoms with van der Waals surface area (Å²) in [5.41, 5.74) is 0. The molecule has 0 spiro atoms. The molecule has 0 bridgehead atoms. The van der Waals surface area contributed by atoms with Crippen LogP contribution in [0.5, 0.6) is 0 Å². The lowest BCUT2D eigenvalue weighted by molar-refractivity contribution is -0.124. The summed E-state index contributed by atoms with van der Waals surface area (Å²) in [5.74, 6) is -0.351. The number of carbonyl (C=O) groups excluding carboxylic acids is 1. The SMILES string of the molecule is CCCCCCCC/C=C\C/C=C\C(O)CC(=O)NC(CO)C(O)CCCCCCCCCCCCCCCCCCC. The average Bonchev–Trinajstić information content (AvgIpc) is 3.00. The van der Waals surface area contributed by atoms with E-state index in [1.165, 1.54) is 135 Å². The van der Waals surface area contributed by atoms with E-state index in [0.717, 1.165) is 25.7 Å². The van der Waals surface area contributed by atoms with Gasteiger partial charge in [-0.25, -0.2) is 0 Å². The predicted octanol–water partition coefficient (Wildman–Crippen LogP) is 9.87. The van der Waals surface area contributed by atoms with Crippen LogP contribution in [0.4, 0.5) is 0 Å². The van der Waals surface area contributed by atoms with Crippen LogP contribution in [-0.2, 0) is 4.79 Å². The molecule has 43 heavy (non-hydrogen) atoms. The topological polar surface area (TPSA) is 89.8 Å². The van der Waals surface area contributed by atoms with Gasteiger partial charge in [-0.3, -0.25) is 4.79 Å². The summed E-state index contributed by atoms with van der Waals surface area (Å²) in [4.78, 5) is 12.3. The van der Waals surface area contributed by atoms with E-state index in [0.29, 0.717) is 6.42 Å². The summed E-state index contributed by atoms with van der Waals surface area (Å²) >= 11 is 0. The normalized spacial score (nSPS) is 14.1. The number of amides is 1. The Balaban J connectivity index is 3.73.